The van der Waals surface area contributed by atoms with Crippen molar-refractivity contribution in [3.63, 3.8) is 0 Å². The van der Waals surface area contributed by atoms with Gasteiger partial charge in [-0.05, 0) is 67.9 Å². The van der Waals surface area contributed by atoms with Gasteiger partial charge in [0.1, 0.15) is 0 Å². The van der Waals surface area contributed by atoms with Crippen molar-refractivity contribution in [2.24, 2.45) is 0 Å². The lowest BCUT2D eigenvalue weighted by atomic mass is 10.2. The molecule has 0 bridgehead atoms. The molecule has 1 aromatic heterocycles. The Balaban J connectivity index is 1.64. The number of nitrogens with one attached hydrogen (secondary N) is 2. The second kappa shape index (κ2) is 10.1. The molecule has 1 heterocycles. The number of nitrogens with zero attached hydrogens (tertiary/aromatic N) is 2. The zero-order valence-corrected chi connectivity index (χ0v) is 18.8. The highest BCUT2D eigenvalue weighted by molar-refractivity contribution is 7.92. The minimum atomic E-state index is -3.91. The van der Waals surface area contributed by atoms with Crippen LogP contribution in [0.25, 0.3) is 0 Å². The largest absolute Gasteiger partial charge is 0.449 e. The number of carbonyl (C=O) groups excluding carboxylic acids is 2. The molecule has 4 N–H and O–H groups in total. The first-order chi connectivity index (χ1) is 15.7. The molecule has 0 radical (unpaired) electrons. The van der Waals surface area contributed by atoms with Crippen LogP contribution in [0, 0.1) is 6.92 Å². The van der Waals surface area contributed by atoms with Crippen LogP contribution in [0.4, 0.5) is 17.3 Å². The summed E-state index contributed by atoms with van der Waals surface area (Å²) in [6.45, 7) is 3.42. The SMILES string of the molecule is CCC(OC(=O)c1ccc(N)cc1)C(=O)Nc1ccc(S(=O)(=O)Nc2nccc(C)n2)cc1. The predicted molar refractivity (Wildman–Crippen MR) is 123 cm³/mol. The standard InChI is InChI=1S/C22H23N5O5S/c1-3-19(32-21(29)15-4-6-16(23)7-5-15)20(28)26-17-8-10-18(11-9-17)33(30,31)27-22-24-13-12-14(2)25-22/h4-13,19H,3,23H2,1-2H3,(H,26,28)(H,24,25,27). The number of hydrogen-bond donors (Lipinski definition) is 3. The van der Waals surface area contributed by atoms with Gasteiger partial charge in [0.15, 0.2) is 6.10 Å². The van der Waals surface area contributed by atoms with E-state index in [1.165, 1.54) is 42.6 Å². The monoisotopic (exact) mass is 469 g/mol. The summed E-state index contributed by atoms with van der Waals surface area (Å²) < 4.78 is 32.7. The summed E-state index contributed by atoms with van der Waals surface area (Å²) in [5, 5.41) is 2.62. The van der Waals surface area contributed by atoms with Crippen LogP contribution in [-0.2, 0) is 19.6 Å². The third kappa shape index (κ3) is 6.26. The van der Waals surface area contributed by atoms with E-state index < -0.39 is 28.0 Å². The Labute approximate surface area is 191 Å². The van der Waals surface area contributed by atoms with Gasteiger partial charge in [-0.15, -0.1) is 0 Å². The normalized spacial score (nSPS) is 11.9. The van der Waals surface area contributed by atoms with Crippen molar-refractivity contribution in [3.8, 4) is 0 Å². The molecule has 0 aliphatic heterocycles. The molecule has 11 heteroatoms. The van der Waals surface area contributed by atoms with Crippen LogP contribution in [0.5, 0.6) is 0 Å². The average Bonchev–Trinajstić information content (AvgIpc) is 2.77. The molecule has 0 spiro atoms. The number of aryl methyl sites for hydroxylation is 1. The number of nitrogens with two attached hydrogens (primary N) is 1. The summed E-state index contributed by atoms with van der Waals surface area (Å²) in [6.07, 6.45) is 0.668. The molecule has 3 rings (SSSR count). The maximum absolute atomic E-state index is 12.6. The quantitative estimate of drug-likeness (QED) is 0.336. The first-order valence-electron chi connectivity index (χ1n) is 9.98. The highest BCUT2D eigenvalue weighted by Gasteiger charge is 2.22. The van der Waals surface area contributed by atoms with Crippen molar-refractivity contribution in [2.75, 3.05) is 15.8 Å². The molecule has 0 aliphatic rings. The summed E-state index contributed by atoms with van der Waals surface area (Å²) in [6, 6.07) is 13.3. The van der Waals surface area contributed by atoms with Crippen molar-refractivity contribution in [1.82, 2.24) is 9.97 Å². The Bertz CT molecular complexity index is 1240. The van der Waals surface area contributed by atoms with Gasteiger partial charge in [0.25, 0.3) is 15.9 Å². The minimum absolute atomic E-state index is 0.0348. The number of sulfonamides is 1. The van der Waals surface area contributed by atoms with Gasteiger partial charge in [-0.3, -0.25) is 4.79 Å². The Morgan fingerprint density at radius 1 is 1.06 bits per heavy atom. The zero-order chi connectivity index (χ0) is 24.0. The number of aromatic nitrogens is 2. The lowest BCUT2D eigenvalue weighted by molar-refractivity contribution is -0.124. The topological polar surface area (TPSA) is 153 Å². The van der Waals surface area contributed by atoms with Gasteiger partial charge in [-0.2, -0.15) is 0 Å². The number of anilines is 3. The van der Waals surface area contributed by atoms with E-state index in [1.807, 2.05) is 0 Å². The minimum Gasteiger partial charge on any atom is -0.449 e. The summed E-state index contributed by atoms with van der Waals surface area (Å²) >= 11 is 0. The summed E-state index contributed by atoms with van der Waals surface area (Å²) in [5.41, 5.74) is 7.34. The number of rotatable bonds is 8. The summed E-state index contributed by atoms with van der Waals surface area (Å²) in [5.74, 6) is -1.23. The smallest absolute Gasteiger partial charge is 0.338 e. The summed E-state index contributed by atoms with van der Waals surface area (Å²) in [7, 11) is -3.91. The molecule has 1 amide bonds. The Kier molecular flexibility index (Phi) is 7.23. The Hall–Kier alpha value is -3.99. The maximum Gasteiger partial charge on any atom is 0.338 e. The van der Waals surface area contributed by atoms with Crippen LogP contribution in [0.1, 0.15) is 29.4 Å². The molecule has 1 atom stereocenters. The molecular weight excluding hydrogens is 446 g/mol. The average molecular weight is 470 g/mol. The fraction of sp³-hybridized carbons (Fsp3) is 0.182. The van der Waals surface area contributed by atoms with Gasteiger partial charge >= 0.3 is 5.97 Å². The highest BCUT2D eigenvalue weighted by atomic mass is 32.2. The van der Waals surface area contributed by atoms with Crippen LogP contribution < -0.4 is 15.8 Å². The molecule has 0 aliphatic carbocycles. The number of hydrogen-bond acceptors (Lipinski definition) is 8. The number of benzene rings is 2. The van der Waals surface area contributed by atoms with E-state index in [0.29, 0.717) is 17.1 Å². The fourth-order valence-corrected chi connectivity index (χ4v) is 3.71. The van der Waals surface area contributed by atoms with E-state index >= 15 is 0 Å². The van der Waals surface area contributed by atoms with Gasteiger partial charge in [-0.25, -0.2) is 27.9 Å². The number of amides is 1. The van der Waals surface area contributed by atoms with Crippen LogP contribution >= 0.6 is 0 Å². The molecule has 10 nitrogen and oxygen atoms in total. The van der Waals surface area contributed by atoms with Crippen LogP contribution in [0.2, 0.25) is 0 Å². The van der Waals surface area contributed by atoms with Gasteiger partial charge in [0, 0.05) is 23.3 Å². The predicted octanol–water partition coefficient (Wildman–Crippen LogP) is 2.74. The number of nitrogen functional groups attached to an aromatic ring is 1. The van der Waals surface area contributed by atoms with E-state index in [9.17, 15) is 18.0 Å². The Morgan fingerprint density at radius 3 is 2.33 bits per heavy atom. The van der Waals surface area contributed by atoms with E-state index in [1.54, 1.807) is 32.0 Å². The van der Waals surface area contributed by atoms with Crippen LogP contribution in [0.15, 0.2) is 65.7 Å². The second-order valence-electron chi connectivity index (χ2n) is 7.06. The van der Waals surface area contributed by atoms with Gasteiger partial charge < -0.3 is 15.8 Å². The van der Waals surface area contributed by atoms with Gasteiger partial charge in [-0.1, -0.05) is 6.92 Å². The van der Waals surface area contributed by atoms with Crippen molar-refractivity contribution < 1.29 is 22.7 Å². The van der Waals surface area contributed by atoms with Gasteiger partial charge in [0.2, 0.25) is 5.95 Å². The molecule has 1 unspecified atom stereocenters. The fourth-order valence-electron chi connectivity index (χ4n) is 2.76. The van der Waals surface area contributed by atoms with Crippen LogP contribution in [-0.4, -0.2) is 36.4 Å². The van der Waals surface area contributed by atoms with Crippen molar-refractivity contribution in [1.29, 1.82) is 0 Å². The first kappa shape index (κ1) is 23.7. The number of carbonyl (C=O) groups is 2. The summed E-state index contributed by atoms with van der Waals surface area (Å²) in [4.78, 5) is 32.7. The van der Waals surface area contributed by atoms with Crippen molar-refractivity contribution in [2.45, 2.75) is 31.3 Å². The number of ether oxygens (including phenoxy) is 1. The Morgan fingerprint density at radius 2 is 1.73 bits per heavy atom. The van der Waals surface area contributed by atoms with Gasteiger partial charge in [0.05, 0.1) is 10.5 Å². The van der Waals surface area contributed by atoms with Crippen molar-refractivity contribution >= 4 is 39.2 Å². The molecule has 0 saturated heterocycles. The third-order valence-corrected chi connectivity index (χ3v) is 5.86. The maximum atomic E-state index is 12.6. The number of esters is 1. The van der Waals surface area contributed by atoms with Crippen molar-refractivity contribution in [3.05, 3.63) is 72.1 Å². The zero-order valence-electron chi connectivity index (χ0n) is 18.0. The van der Waals surface area contributed by atoms with Crippen LogP contribution in [0.3, 0.4) is 0 Å². The molecular formula is C22H23N5O5S. The molecule has 0 saturated carbocycles. The van der Waals surface area contributed by atoms with E-state index in [2.05, 4.69) is 20.0 Å². The lowest BCUT2D eigenvalue weighted by Gasteiger charge is -2.16. The molecule has 172 valence electrons. The van der Waals surface area contributed by atoms with E-state index in [-0.39, 0.29) is 22.8 Å². The molecule has 33 heavy (non-hydrogen) atoms. The second-order valence-corrected chi connectivity index (χ2v) is 8.75. The van der Waals surface area contributed by atoms with E-state index in [0.717, 1.165) is 0 Å². The lowest BCUT2D eigenvalue weighted by Crippen LogP contribution is -2.32. The first-order valence-corrected chi connectivity index (χ1v) is 11.5. The highest BCUT2D eigenvalue weighted by Crippen LogP contribution is 2.18. The molecule has 2 aromatic carbocycles. The molecule has 3 aromatic rings. The third-order valence-electron chi connectivity index (χ3n) is 4.51. The molecule has 0 fully saturated rings. The van der Waals surface area contributed by atoms with E-state index in [4.69, 9.17) is 10.5 Å².